The minimum atomic E-state index is -0.639. The van der Waals surface area contributed by atoms with Gasteiger partial charge in [0.05, 0.1) is 13.2 Å². The van der Waals surface area contributed by atoms with Gasteiger partial charge in [-0.3, -0.25) is 14.5 Å². The van der Waals surface area contributed by atoms with Crippen molar-refractivity contribution in [3.8, 4) is 5.75 Å². The van der Waals surface area contributed by atoms with Crippen molar-refractivity contribution >= 4 is 11.8 Å². The molecule has 1 fully saturated rings. The molecule has 2 N–H and O–H groups in total. The Bertz CT molecular complexity index is 972. The fourth-order valence-electron chi connectivity index (χ4n) is 4.94. The van der Waals surface area contributed by atoms with Gasteiger partial charge in [-0.2, -0.15) is 0 Å². The standard InChI is InChI=1S/C31H46N4O4/c1-3-15-35(16-4-2)31(38)29(32-30(37)27-9-6-5-7-10-27)25-26-11-13-28(14-12-26)39-24-8-17-33-18-20-34(21-19-33)22-23-36/h5-7,9-14,29,36H,3-4,8,15-25H2,1-2H3,(H,32,37)/t29-/m1/s1. The number of nitrogens with one attached hydrogen (secondary N) is 1. The van der Waals surface area contributed by atoms with Gasteiger partial charge in [-0.1, -0.05) is 44.2 Å². The summed E-state index contributed by atoms with van der Waals surface area (Å²) in [6, 6.07) is 16.2. The molecule has 3 rings (SSSR count). The second-order valence-corrected chi connectivity index (χ2v) is 10.2. The van der Waals surface area contributed by atoms with E-state index in [9.17, 15) is 9.59 Å². The first-order valence-corrected chi connectivity index (χ1v) is 14.5. The van der Waals surface area contributed by atoms with Gasteiger partial charge < -0.3 is 25.0 Å². The molecule has 2 aromatic carbocycles. The van der Waals surface area contributed by atoms with E-state index >= 15 is 0 Å². The molecule has 1 aliphatic rings. The molecule has 0 bridgehead atoms. The summed E-state index contributed by atoms with van der Waals surface area (Å²) in [5, 5.41) is 12.1. The lowest BCUT2D eigenvalue weighted by molar-refractivity contribution is -0.133. The molecular formula is C31H46N4O4. The lowest BCUT2D eigenvalue weighted by Gasteiger charge is -2.34. The van der Waals surface area contributed by atoms with E-state index in [1.807, 2.05) is 47.4 Å². The molecule has 0 saturated carbocycles. The van der Waals surface area contributed by atoms with E-state index in [0.717, 1.165) is 69.8 Å². The van der Waals surface area contributed by atoms with Gasteiger partial charge in [0, 0.05) is 64.3 Å². The number of aliphatic hydroxyl groups excluding tert-OH is 1. The number of rotatable bonds is 16. The molecule has 2 aromatic rings. The molecular weight excluding hydrogens is 492 g/mol. The van der Waals surface area contributed by atoms with Gasteiger partial charge in [0.15, 0.2) is 0 Å². The third-order valence-corrected chi connectivity index (χ3v) is 7.07. The molecule has 0 aromatic heterocycles. The van der Waals surface area contributed by atoms with E-state index in [4.69, 9.17) is 9.84 Å². The largest absolute Gasteiger partial charge is 0.494 e. The second-order valence-electron chi connectivity index (χ2n) is 10.2. The van der Waals surface area contributed by atoms with Crippen LogP contribution in [0, 0.1) is 0 Å². The van der Waals surface area contributed by atoms with Gasteiger partial charge >= 0.3 is 0 Å². The van der Waals surface area contributed by atoms with Crippen molar-refractivity contribution in [2.75, 3.05) is 65.6 Å². The normalized spacial score (nSPS) is 15.1. The number of amides is 2. The minimum absolute atomic E-state index is 0.0412. The van der Waals surface area contributed by atoms with Gasteiger partial charge in [-0.05, 0) is 49.1 Å². The SMILES string of the molecule is CCCN(CCC)C(=O)[C@@H](Cc1ccc(OCCCN2CCN(CCO)CC2)cc1)NC(=O)c1ccccc1. The van der Waals surface area contributed by atoms with E-state index in [0.29, 0.717) is 31.7 Å². The summed E-state index contributed by atoms with van der Waals surface area (Å²) >= 11 is 0. The Kier molecular flexibility index (Phi) is 13.3. The fourth-order valence-corrected chi connectivity index (χ4v) is 4.94. The molecule has 0 aliphatic carbocycles. The van der Waals surface area contributed by atoms with Crippen LogP contribution in [0.15, 0.2) is 54.6 Å². The lowest BCUT2D eigenvalue weighted by atomic mass is 10.0. The topological polar surface area (TPSA) is 85.3 Å². The van der Waals surface area contributed by atoms with Crippen LogP contribution in [0.25, 0.3) is 0 Å². The maximum absolute atomic E-state index is 13.5. The molecule has 0 spiro atoms. The van der Waals surface area contributed by atoms with Crippen molar-refractivity contribution in [2.45, 2.75) is 45.6 Å². The van der Waals surface area contributed by atoms with Crippen LogP contribution in [-0.4, -0.2) is 103 Å². The zero-order valence-electron chi connectivity index (χ0n) is 23.7. The molecule has 1 atom stereocenters. The summed E-state index contributed by atoms with van der Waals surface area (Å²) in [5.74, 6) is 0.526. The number of hydrogen-bond donors (Lipinski definition) is 2. The van der Waals surface area contributed by atoms with Crippen LogP contribution >= 0.6 is 0 Å². The Balaban J connectivity index is 1.53. The van der Waals surface area contributed by atoms with Crippen LogP contribution in [-0.2, 0) is 11.2 Å². The Morgan fingerprint density at radius 1 is 0.923 bits per heavy atom. The van der Waals surface area contributed by atoms with Crippen LogP contribution in [0.5, 0.6) is 5.75 Å². The average molecular weight is 539 g/mol. The number of β-amino-alcohol motifs (C(OH)–C–C–N with tert-alkyl or cyclic N) is 1. The summed E-state index contributed by atoms with van der Waals surface area (Å²) in [7, 11) is 0. The zero-order valence-corrected chi connectivity index (χ0v) is 23.7. The Hall–Kier alpha value is -2.94. The number of carbonyl (C=O) groups excluding carboxylic acids is 2. The number of piperazine rings is 1. The highest BCUT2D eigenvalue weighted by Crippen LogP contribution is 2.16. The number of nitrogens with zero attached hydrogens (tertiary/aromatic N) is 3. The first-order chi connectivity index (χ1) is 19.0. The third-order valence-electron chi connectivity index (χ3n) is 7.07. The molecule has 8 nitrogen and oxygen atoms in total. The van der Waals surface area contributed by atoms with Crippen molar-refractivity contribution in [1.82, 2.24) is 20.0 Å². The van der Waals surface area contributed by atoms with Gasteiger partial charge in [0.25, 0.3) is 5.91 Å². The predicted molar refractivity (Wildman–Crippen MR) is 155 cm³/mol. The molecule has 1 saturated heterocycles. The van der Waals surface area contributed by atoms with Crippen molar-refractivity contribution in [3.05, 3.63) is 65.7 Å². The summed E-state index contributed by atoms with van der Waals surface area (Å²) in [5.41, 5.74) is 1.52. The Labute approximate surface area is 233 Å². The van der Waals surface area contributed by atoms with E-state index in [2.05, 4.69) is 29.0 Å². The molecule has 39 heavy (non-hydrogen) atoms. The Morgan fingerprint density at radius 2 is 1.54 bits per heavy atom. The first kappa shape index (κ1) is 30.6. The number of ether oxygens (including phenoxy) is 1. The highest BCUT2D eigenvalue weighted by molar-refractivity contribution is 5.97. The first-order valence-electron chi connectivity index (χ1n) is 14.5. The number of benzene rings is 2. The van der Waals surface area contributed by atoms with E-state index < -0.39 is 6.04 Å². The maximum Gasteiger partial charge on any atom is 0.251 e. The summed E-state index contributed by atoms with van der Waals surface area (Å²) in [4.78, 5) is 33.0. The van der Waals surface area contributed by atoms with Gasteiger partial charge in [0.1, 0.15) is 11.8 Å². The van der Waals surface area contributed by atoms with Crippen molar-refractivity contribution in [2.24, 2.45) is 0 Å². The zero-order chi connectivity index (χ0) is 27.9. The monoisotopic (exact) mass is 538 g/mol. The molecule has 2 amide bonds. The highest BCUT2D eigenvalue weighted by Gasteiger charge is 2.26. The predicted octanol–water partition coefficient (Wildman–Crippen LogP) is 3.06. The number of hydrogen-bond acceptors (Lipinski definition) is 6. The summed E-state index contributed by atoms with van der Waals surface area (Å²) in [6.45, 7) is 12.2. The van der Waals surface area contributed by atoms with Crippen molar-refractivity contribution in [1.29, 1.82) is 0 Å². The van der Waals surface area contributed by atoms with Crippen LogP contribution in [0.4, 0.5) is 0 Å². The smallest absolute Gasteiger partial charge is 0.251 e. The molecule has 214 valence electrons. The fraction of sp³-hybridized carbons (Fsp3) is 0.548. The van der Waals surface area contributed by atoms with E-state index in [1.165, 1.54) is 0 Å². The van der Waals surface area contributed by atoms with E-state index in [-0.39, 0.29) is 18.4 Å². The van der Waals surface area contributed by atoms with E-state index in [1.54, 1.807) is 12.1 Å². The Morgan fingerprint density at radius 3 is 2.13 bits per heavy atom. The van der Waals surface area contributed by atoms with Gasteiger partial charge in [-0.25, -0.2) is 0 Å². The minimum Gasteiger partial charge on any atom is -0.494 e. The molecule has 0 unspecified atom stereocenters. The lowest BCUT2D eigenvalue weighted by Crippen LogP contribution is -2.50. The van der Waals surface area contributed by atoms with Gasteiger partial charge in [-0.15, -0.1) is 0 Å². The van der Waals surface area contributed by atoms with Crippen molar-refractivity contribution < 1.29 is 19.4 Å². The highest BCUT2D eigenvalue weighted by atomic mass is 16.5. The second kappa shape index (κ2) is 16.9. The van der Waals surface area contributed by atoms with Crippen LogP contribution in [0.1, 0.15) is 49.0 Å². The molecule has 0 radical (unpaired) electrons. The molecule has 1 aliphatic heterocycles. The quantitative estimate of drug-likeness (QED) is 0.320. The summed E-state index contributed by atoms with van der Waals surface area (Å²) in [6.07, 6.45) is 3.12. The average Bonchev–Trinajstić information content (AvgIpc) is 2.96. The maximum atomic E-state index is 13.5. The number of aliphatic hydroxyl groups is 1. The molecule has 8 heteroatoms. The third kappa shape index (κ3) is 10.3. The van der Waals surface area contributed by atoms with Crippen LogP contribution < -0.4 is 10.1 Å². The number of carbonyl (C=O) groups is 2. The van der Waals surface area contributed by atoms with Gasteiger partial charge in [0.2, 0.25) is 5.91 Å². The van der Waals surface area contributed by atoms with Crippen LogP contribution in [0.3, 0.4) is 0 Å². The molecule has 1 heterocycles. The van der Waals surface area contributed by atoms with Crippen LogP contribution in [0.2, 0.25) is 0 Å². The summed E-state index contributed by atoms with van der Waals surface area (Å²) < 4.78 is 5.97. The van der Waals surface area contributed by atoms with Crippen molar-refractivity contribution in [3.63, 3.8) is 0 Å².